The molecule has 0 amide bonds. The van der Waals surface area contributed by atoms with Crippen LogP contribution in [0.3, 0.4) is 0 Å². The van der Waals surface area contributed by atoms with E-state index in [1.165, 1.54) is 10.9 Å². The highest BCUT2D eigenvalue weighted by molar-refractivity contribution is 5.87. The highest BCUT2D eigenvalue weighted by atomic mass is 16.5. The van der Waals surface area contributed by atoms with Crippen molar-refractivity contribution >= 4 is 22.1 Å². The van der Waals surface area contributed by atoms with Gasteiger partial charge >= 0.3 is 5.95 Å². The molecule has 0 aliphatic carbocycles. The summed E-state index contributed by atoms with van der Waals surface area (Å²) in [6, 6.07) is 21.7. The lowest BCUT2D eigenvalue weighted by molar-refractivity contribution is 0.339. The Bertz CT molecular complexity index is 1130. The number of benzene rings is 3. The number of hydrogen-bond acceptors (Lipinski definition) is 4. The second kappa shape index (κ2) is 6.48. The summed E-state index contributed by atoms with van der Waals surface area (Å²) in [7, 11) is 0. The summed E-state index contributed by atoms with van der Waals surface area (Å²) in [6.07, 6.45) is 0. The van der Waals surface area contributed by atoms with Crippen LogP contribution >= 0.6 is 0 Å². The Balaban J connectivity index is 1.67. The molecule has 0 saturated heterocycles. The molecule has 0 atom stereocenters. The summed E-state index contributed by atoms with van der Waals surface area (Å²) >= 11 is 0. The van der Waals surface area contributed by atoms with Gasteiger partial charge in [-0.25, -0.2) is 0 Å². The van der Waals surface area contributed by atoms with Crippen molar-refractivity contribution in [1.29, 1.82) is 0 Å². The minimum atomic E-state index is -0.236. The first-order chi connectivity index (χ1) is 12.6. The third-order valence-corrected chi connectivity index (χ3v) is 4.25. The summed E-state index contributed by atoms with van der Waals surface area (Å²) in [5.41, 5.74) is 4.25. The molecular weight excluding hydrogens is 324 g/mol. The number of nitrogens with zero attached hydrogens (tertiary/aromatic N) is 2. The molecule has 1 heterocycles. The van der Waals surface area contributed by atoms with Crippen molar-refractivity contribution < 1.29 is 9.52 Å². The zero-order valence-corrected chi connectivity index (χ0v) is 14.6. The number of fused-ring (bicyclic) bond motifs is 1. The second-order valence-corrected chi connectivity index (χ2v) is 6.41. The predicted octanol–water partition coefficient (Wildman–Crippen LogP) is 6.84. The Labute approximate surface area is 151 Å². The quantitative estimate of drug-likeness (QED) is 0.414. The average molecular weight is 342 g/mol. The smallest absolute Gasteiger partial charge is 0.311 e. The molecule has 26 heavy (non-hydrogen) atoms. The van der Waals surface area contributed by atoms with E-state index in [4.69, 9.17) is 4.42 Å². The fraction of sp³-hybridized carbons (Fsp3) is 0.0909. The van der Waals surface area contributed by atoms with Gasteiger partial charge in [-0.2, -0.15) is 5.11 Å². The lowest BCUT2D eigenvalue weighted by Crippen LogP contribution is -1.78. The van der Waals surface area contributed by atoms with Crippen molar-refractivity contribution in [3.8, 4) is 17.3 Å². The molecule has 1 N–H and O–H groups in total. The van der Waals surface area contributed by atoms with Crippen LogP contribution in [0.5, 0.6) is 5.95 Å². The topological polar surface area (TPSA) is 58.1 Å². The SMILES string of the molecule is Cc1cccc(N=Nc2cc(-c3ccc4cc(C)ccc4c3)oc2O)c1. The molecule has 0 spiro atoms. The molecule has 0 bridgehead atoms. The molecule has 0 aliphatic rings. The van der Waals surface area contributed by atoms with Crippen LogP contribution in [0, 0.1) is 13.8 Å². The van der Waals surface area contributed by atoms with E-state index in [-0.39, 0.29) is 5.95 Å². The largest absolute Gasteiger partial charge is 0.479 e. The number of azo groups is 1. The Morgan fingerprint density at radius 1 is 0.769 bits per heavy atom. The van der Waals surface area contributed by atoms with Gasteiger partial charge in [0.05, 0.1) is 5.69 Å². The molecule has 1 aromatic heterocycles. The molecule has 128 valence electrons. The van der Waals surface area contributed by atoms with E-state index >= 15 is 0 Å². The van der Waals surface area contributed by atoms with Gasteiger partial charge in [-0.3, -0.25) is 0 Å². The average Bonchev–Trinajstić information content (AvgIpc) is 3.00. The van der Waals surface area contributed by atoms with Gasteiger partial charge in [0.15, 0.2) is 5.69 Å². The molecule has 4 nitrogen and oxygen atoms in total. The van der Waals surface area contributed by atoms with Gasteiger partial charge in [0.1, 0.15) is 5.76 Å². The molecule has 3 aromatic carbocycles. The first kappa shape index (κ1) is 16.1. The van der Waals surface area contributed by atoms with Gasteiger partial charge in [0.2, 0.25) is 0 Å². The summed E-state index contributed by atoms with van der Waals surface area (Å²) in [6.45, 7) is 4.07. The molecule has 0 radical (unpaired) electrons. The standard InChI is InChI=1S/C22H18N2O2/c1-14-4-3-5-19(11-14)23-24-20-13-21(26-22(20)25)18-9-8-16-10-15(2)6-7-17(16)12-18/h3-13,25H,1-2H3. The van der Waals surface area contributed by atoms with Gasteiger partial charge in [-0.05, 0) is 48.4 Å². The van der Waals surface area contributed by atoms with Gasteiger partial charge in [-0.15, -0.1) is 5.11 Å². The highest BCUT2D eigenvalue weighted by Gasteiger charge is 2.12. The van der Waals surface area contributed by atoms with Crippen LogP contribution in [-0.2, 0) is 0 Å². The zero-order valence-electron chi connectivity index (χ0n) is 14.6. The Hall–Kier alpha value is -3.40. The maximum atomic E-state index is 10.1. The number of aromatic hydroxyl groups is 1. The third kappa shape index (κ3) is 3.22. The van der Waals surface area contributed by atoms with Crippen molar-refractivity contribution in [1.82, 2.24) is 0 Å². The Kier molecular flexibility index (Phi) is 4.01. The molecule has 4 rings (SSSR count). The van der Waals surface area contributed by atoms with Gasteiger partial charge < -0.3 is 9.52 Å². The van der Waals surface area contributed by atoms with Gasteiger partial charge in [0.25, 0.3) is 0 Å². The molecule has 4 heteroatoms. The monoisotopic (exact) mass is 342 g/mol. The number of furan rings is 1. The molecular formula is C22H18N2O2. The van der Waals surface area contributed by atoms with E-state index in [1.54, 1.807) is 6.07 Å². The van der Waals surface area contributed by atoms with Crippen molar-refractivity contribution in [2.45, 2.75) is 13.8 Å². The lowest BCUT2D eigenvalue weighted by atomic mass is 10.0. The lowest BCUT2D eigenvalue weighted by Gasteiger charge is -2.02. The van der Waals surface area contributed by atoms with Crippen molar-refractivity contribution in [3.05, 3.63) is 77.9 Å². The van der Waals surface area contributed by atoms with E-state index in [9.17, 15) is 5.11 Å². The van der Waals surface area contributed by atoms with E-state index in [0.717, 1.165) is 22.2 Å². The minimum absolute atomic E-state index is 0.236. The Morgan fingerprint density at radius 3 is 2.38 bits per heavy atom. The first-order valence-electron chi connectivity index (χ1n) is 8.40. The van der Waals surface area contributed by atoms with Crippen molar-refractivity contribution in [2.24, 2.45) is 10.2 Å². The van der Waals surface area contributed by atoms with Crippen LogP contribution in [0.15, 0.2) is 81.4 Å². The zero-order chi connectivity index (χ0) is 18.1. The Morgan fingerprint density at radius 2 is 1.54 bits per heavy atom. The number of hydrogen-bond donors (Lipinski definition) is 1. The van der Waals surface area contributed by atoms with Crippen LogP contribution in [0.1, 0.15) is 11.1 Å². The minimum Gasteiger partial charge on any atom is -0.479 e. The highest BCUT2D eigenvalue weighted by Crippen LogP contribution is 2.37. The maximum absolute atomic E-state index is 10.1. The molecule has 4 aromatic rings. The van der Waals surface area contributed by atoms with E-state index < -0.39 is 0 Å². The second-order valence-electron chi connectivity index (χ2n) is 6.41. The normalized spacial score (nSPS) is 11.5. The van der Waals surface area contributed by atoms with Gasteiger partial charge in [0, 0.05) is 11.6 Å². The summed E-state index contributed by atoms with van der Waals surface area (Å²) in [5.74, 6) is 0.323. The summed E-state index contributed by atoms with van der Waals surface area (Å²) in [5, 5.41) is 20.6. The van der Waals surface area contributed by atoms with Crippen molar-refractivity contribution in [2.75, 3.05) is 0 Å². The first-order valence-corrected chi connectivity index (χ1v) is 8.40. The van der Waals surface area contributed by atoms with Crippen LogP contribution in [-0.4, -0.2) is 5.11 Å². The van der Waals surface area contributed by atoms with Crippen LogP contribution in [0.4, 0.5) is 11.4 Å². The molecule has 0 saturated carbocycles. The summed E-state index contributed by atoms with van der Waals surface area (Å²) in [4.78, 5) is 0. The maximum Gasteiger partial charge on any atom is 0.311 e. The molecule has 0 aliphatic heterocycles. The van der Waals surface area contributed by atoms with E-state index in [2.05, 4.69) is 35.4 Å². The van der Waals surface area contributed by atoms with Crippen molar-refractivity contribution in [3.63, 3.8) is 0 Å². The van der Waals surface area contributed by atoms with E-state index in [0.29, 0.717) is 11.4 Å². The number of aryl methyl sites for hydroxylation is 2. The fourth-order valence-electron chi connectivity index (χ4n) is 2.91. The van der Waals surface area contributed by atoms with Crippen LogP contribution in [0.2, 0.25) is 0 Å². The van der Waals surface area contributed by atoms with Crippen LogP contribution < -0.4 is 0 Å². The fourth-order valence-corrected chi connectivity index (χ4v) is 2.91. The van der Waals surface area contributed by atoms with Gasteiger partial charge in [-0.1, -0.05) is 48.0 Å². The third-order valence-electron chi connectivity index (χ3n) is 4.25. The molecule has 0 unspecified atom stereocenters. The predicted molar refractivity (Wildman–Crippen MR) is 103 cm³/mol. The van der Waals surface area contributed by atoms with E-state index in [1.807, 2.05) is 49.4 Å². The number of rotatable bonds is 3. The molecule has 0 fully saturated rings. The summed E-state index contributed by atoms with van der Waals surface area (Å²) < 4.78 is 5.49. The van der Waals surface area contributed by atoms with Crippen LogP contribution in [0.25, 0.3) is 22.1 Å².